The van der Waals surface area contributed by atoms with Gasteiger partial charge in [-0.05, 0) is 24.3 Å². The van der Waals surface area contributed by atoms with Crippen molar-refractivity contribution in [2.75, 3.05) is 18.8 Å². The Labute approximate surface area is 149 Å². The highest BCUT2D eigenvalue weighted by Crippen LogP contribution is 2.29. The topological polar surface area (TPSA) is 110 Å². The van der Waals surface area contributed by atoms with Crippen molar-refractivity contribution in [3.8, 4) is 0 Å². The molecule has 8 nitrogen and oxygen atoms in total. The van der Waals surface area contributed by atoms with Crippen LogP contribution in [0.3, 0.4) is 0 Å². The first-order valence-corrected chi connectivity index (χ1v) is 8.77. The van der Waals surface area contributed by atoms with E-state index in [1.165, 1.54) is 35.2 Å². The quantitative estimate of drug-likeness (QED) is 0.630. The minimum absolute atomic E-state index is 0.0486. The fourth-order valence-electron chi connectivity index (χ4n) is 2.03. The first kappa shape index (κ1) is 18.7. The molecule has 0 aliphatic heterocycles. The molecule has 10 heteroatoms. The van der Waals surface area contributed by atoms with E-state index < -0.39 is 25.5 Å². The lowest BCUT2D eigenvalue weighted by atomic mass is 10.2. The fraction of sp³-hybridized carbons (Fsp3) is 0.133. The number of hydrogen-bond acceptors (Lipinski definition) is 5. The first-order valence-electron chi connectivity index (χ1n) is 6.91. The summed E-state index contributed by atoms with van der Waals surface area (Å²) >= 11 is 5.99. The molecule has 0 radical (unpaired) electrons. The van der Waals surface area contributed by atoms with Gasteiger partial charge in [0.05, 0.1) is 15.6 Å². The standard InChI is InChI=1S/C15H14ClN3O5S/c1-18(2)15(20)10-7-8-11(16)12(9-10)17-25(23,24)14-6-4-3-5-13(14)19(21)22/h3-9,17H,1-2H3. The number of nitro groups is 1. The summed E-state index contributed by atoms with van der Waals surface area (Å²) in [7, 11) is -1.18. The number of nitrogens with zero attached hydrogens (tertiary/aromatic N) is 2. The molecule has 0 aliphatic rings. The van der Waals surface area contributed by atoms with Crippen molar-refractivity contribution in [1.29, 1.82) is 0 Å². The van der Waals surface area contributed by atoms with Crippen LogP contribution in [0.2, 0.25) is 5.02 Å². The van der Waals surface area contributed by atoms with Gasteiger partial charge in [0.15, 0.2) is 4.90 Å². The van der Waals surface area contributed by atoms with Crippen molar-refractivity contribution >= 4 is 38.9 Å². The van der Waals surface area contributed by atoms with Crippen LogP contribution in [0, 0.1) is 10.1 Å². The third-order valence-corrected chi connectivity index (χ3v) is 4.96. The Hall–Kier alpha value is -2.65. The molecule has 2 aromatic carbocycles. The zero-order valence-corrected chi connectivity index (χ0v) is 14.8. The smallest absolute Gasteiger partial charge is 0.289 e. The summed E-state index contributed by atoms with van der Waals surface area (Å²) in [5.74, 6) is -0.345. The molecule has 0 aromatic heterocycles. The average Bonchev–Trinajstić information content (AvgIpc) is 2.56. The third-order valence-electron chi connectivity index (χ3n) is 3.22. The van der Waals surface area contributed by atoms with Crippen molar-refractivity contribution in [1.82, 2.24) is 4.90 Å². The van der Waals surface area contributed by atoms with Crippen LogP contribution < -0.4 is 4.72 Å². The second-order valence-electron chi connectivity index (χ2n) is 5.22. The highest BCUT2D eigenvalue weighted by atomic mass is 35.5. The highest BCUT2D eigenvalue weighted by molar-refractivity contribution is 7.92. The van der Waals surface area contributed by atoms with Gasteiger partial charge in [-0.3, -0.25) is 19.6 Å². The van der Waals surface area contributed by atoms with E-state index in [1.807, 2.05) is 0 Å². The SMILES string of the molecule is CN(C)C(=O)c1ccc(Cl)c(NS(=O)(=O)c2ccccc2[N+](=O)[O-])c1. The number of anilines is 1. The van der Waals surface area contributed by atoms with Crippen molar-refractivity contribution < 1.29 is 18.1 Å². The minimum Gasteiger partial charge on any atom is -0.345 e. The van der Waals surface area contributed by atoms with Gasteiger partial charge in [0.2, 0.25) is 0 Å². The van der Waals surface area contributed by atoms with Gasteiger partial charge in [0.1, 0.15) is 0 Å². The largest absolute Gasteiger partial charge is 0.345 e. The summed E-state index contributed by atoms with van der Waals surface area (Å²) < 4.78 is 27.2. The van der Waals surface area contributed by atoms with Gasteiger partial charge < -0.3 is 4.90 Å². The molecule has 1 N–H and O–H groups in total. The summed E-state index contributed by atoms with van der Waals surface area (Å²) in [6.07, 6.45) is 0. The Bertz CT molecular complexity index is 944. The molecule has 0 atom stereocenters. The number of amides is 1. The number of carbonyl (C=O) groups is 1. The van der Waals surface area contributed by atoms with Gasteiger partial charge in [0.25, 0.3) is 21.6 Å². The molecular weight excluding hydrogens is 370 g/mol. The molecule has 0 bridgehead atoms. The summed E-state index contributed by atoms with van der Waals surface area (Å²) in [4.78, 5) is 23.1. The van der Waals surface area contributed by atoms with Gasteiger partial charge in [-0.1, -0.05) is 23.7 Å². The van der Waals surface area contributed by atoms with E-state index in [1.54, 1.807) is 14.1 Å². The molecule has 0 heterocycles. The number of benzene rings is 2. The maximum Gasteiger partial charge on any atom is 0.289 e. The van der Waals surface area contributed by atoms with Crippen LogP contribution >= 0.6 is 11.6 Å². The highest BCUT2D eigenvalue weighted by Gasteiger charge is 2.26. The van der Waals surface area contributed by atoms with E-state index in [-0.39, 0.29) is 22.2 Å². The van der Waals surface area contributed by atoms with E-state index >= 15 is 0 Å². The Kier molecular flexibility index (Phi) is 5.29. The summed E-state index contributed by atoms with van der Waals surface area (Å²) in [5, 5.41) is 11.1. The minimum atomic E-state index is -4.28. The van der Waals surface area contributed by atoms with Crippen LogP contribution in [0.15, 0.2) is 47.4 Å². The number of para-hydroxylation sites is 1. The van der Waals surface area contributed by atoms with Gasteiger partial charge in [-0.25, -0.2) is 8.42 Å². The van der Waals surface area contributed by atoms with E-state index in [2.05, 4.69) is 4.72 Å². The fourth-order valence-corrected chi connectivity index (χ4v) is 3.49. The van der Waals surface area contributed by atoms with Gasteiger partial charge in [-0.2, -0.15) is 0 Å². The maximum atomic E-state index is 12.5. The lowest BCUT2D eigenvalue weighted by Crippen LogP contribution is -2.22. The molecule has 2 rings (SSSR count). The summed E-state index contributed by atoms with van der Waals surface area (Å²) in [6, 6.07) is 9.03. The number of sulfonamides is 1. The van der Waals surface area contributed by atoms with Crippen LogP contribution in [0.25, 0.3) is 0 Å². The predicted molar refractivity (Wildman–Crippen MR) is 93.4 cm³/mol. The molecule has 25 heavy (non-hydrogen) atoms. The molecule has 0 saturated heterocycles. The van der Waals surface area contributed by atoms with Gasteiger partial charge in [-0.15, -0.1) is 0 Å². The molecular formula is C15H14ClN3O5S. The van der Waals surface area contributed by atoms with Crippen LogP contribution in [-0.4, -0.2) is 38.2 Å². The molecule has 0 spiro atoms. The Morgan fingerprint density at radius 3 is 2.44 bits per heavy atom. The van der Waals surface area contributed by atoms with E-state index in [9.17, 15) is 23.3 Å². The number of carbonyl (C=O) groups excluding carboxylic acids is 1. The van der Waals surface area contributed by atoms with E-state index in [0.29, 0.717) is 0 Å². The lowest BCUT2D eigenvalue weighted by molar-refractivity contribution is -0.387. The number of rotatable bonds is 5. The zero-order chi connectivity index (χ0) is 18.8. The van der Waals surface area contributed by atoms with Crippen molar-refractivity contribution in [3.05, 3.63) is 63.2 Å². The average molecular weight is 384 g/mol. The maximum absolute atomic E-state index is 12.5. The van der Waals surface area contributed by atoms with Crippen molar-refractivity contribution in [2.45, 2.75) is 4.90 Å². The van der Waals surface area contributed by atoms with Crippen molar-refractivity contribution in [3.63, 3.8) is 0 Å². The molecule has 0 aliphatic carbocycles. The first-order chi connectivity index (χ1) is 11.6. The van der Waals surface area contributed by atoms with Gasteiger partial charge in [0, 0.05) is 25.7 Å². The number of halogens is 1. The molecule has 2 aromatic rings. The van der Waals surface area contributed by atoms with E-state index in [4.69, 9.17) is 11.6 Å². The van der Waals surface area contributed by atoms with E-state index in [0.717, 1.165) is 12.1 Å². The lowest BCUT2D eigenvalue weighted by Gasteiger charge is -2.13. The third kappa shape index (κ3) is 4.06. The molecule has 132 valence electrons. The number of nitro benzene ring substituents is 1. The normalized spacial score (nSPS) is 11.0. The Morgan fingerprint density at radius 2 is 1.84 bits per heavy atom. The Morgan fingerprint density at radius 1 is 1.20 bits per heavy atom. The monoisotopic (exact) mass is 383 g/mol. The zero-order valence-electron chi connectivity index (χ0n) is 13.3. The second kappa shape index (κ2) is 7.08. The molecule has 0 saturated carbocycles. The summed E-state index contributed by atoms with van der Waals surface area (Å²) in [5.41, 5.74) is -0.395. The van der Waals surface area contributed by atoms with Gasteiger partial charge >= 0.3 is 0 Å². The second-order valence-corrected chi connectivity index (χ2v) is 7.28. The molecule has 0 fully saturated rings. The summed E-state index contributed by atoms with van der Waals surface area (Å²) in [6.45, 7) is 0. The molecule has 1 amide bonds. The van der Waals surface area contributed by atoms with Crippen LogP contribution in [0.1, 0.15) is 10.4 Å². The predicted octanol–water partition coefficient (Wildman–Crippen LogP) is 2.75. The van der Waals surface area contributed by atoms with Crippen LogP contribution in [0.5, 0.6) is 0 Å². The van der Waals surface area contributed by atoms with Crippen LogP contribution in [-0.2, 0) is 10.0 Å². The van der Waals surface area contributed by atoms with Crippen molar-refractivity contribution in [2.24, 2.45) is 0 Å². The Balaban J connectivity index is 2.47. The van der Waals surface area contributed by atoms with Crippen LogP contribution in [0.4, 0.5) is 11.4 Å². The number of nitrogens with one attached hydrogen (secondary N) is 1. The number of hydrogen-bond donors (Lipinski definition) is 1. The molecule has 0 unspecified atom stereocenters.